The molecule has 2 N–H and O–H groups in total. The molecule has 0 saturated heterocycles. The number of nitrogens with zero attached hydrogens (tertiary/aromatic N) is 2. The Morgan fingerprint density at radius 1 is 0.946 bits per heavy atom. The molecule has 0 unspecified atom stereocenters. The van der Waals surface area contributed by atoms with E-state index in [4.69, 9.17) is 4.74 Å². The molecule has 1 heterocycles. The third-order valence-electron chi connectivity index (χ3n) is 5.98. The molecule has 0 aliphatic carbocycles. The van der Waals surface area contributed by atoms with Gasteiger partial charge in [-0.3, -0.25) is 18.7 Å². The number of ether oxygens (including phenoxy) is 1. The van der Waals surface area contributed by atoms with Gasteiger partial charge in [-0.1, -0.05) is 36.4 Å². The highest BCUT2D eigenvalue weighted by atomic mass is 32.2. The Kier molecular flexibility index (Phi) is 7.28. The van der Waals surface area contributed by atoms with Crippen molar-refractivity contribution in [2.24, 2.45) is 14.1 Å². The first-order valence-corrected chi connectivity index (χ1v) is 12.8. The third kappa shape index (κ3) is 5.47. The van der Waals surface area contributed by atoms with Gasteiger partial charge in [0.05, 0.1) is 22.9 Å². The summed E-state index contributed by atoms with van der Waals surface area (Å²) >= 11 is 0. The molecule has 3 aromatic carbocycles. The molecule has 10 nitrogen and oxygen atoms in total. The molecule has 37 heavy (non-hydrogen) atoms. The second kappa shape index (κ2) is 10.4. The molecule has 11 heteroatoms. The molecule has 192 valence electrons. The molecular weight excluding hydrogens is 496 g/mol. The normalized spacial score (nSPS) is 12.3. The quantitative estimate of drug-likeness (QED) is 0.363. The average molecular weight is 523 g/mol. The summed E-state index contributed by atoms with van der Waals surface area (Å²) in [4.78, 5) is 37.9. The van der Waals surface area contributed by atoms with Crippen LogP contribution in [-0.4, -0.2) is 36.6 Å². The number of carbonyl (C=O) groups is 1. The number of aromatic nitrogens is 2. The van der Waals surface area contributed by atoms with Gasteiger partial charge in [-0.25, -0.2) is 13.2 Å². The van der Waals surface area contributed by atoms with Crippen molar-refractivity contribution in [2.75, 3.05) is 12.4 Å². The Balaban J connectivity index is 1.70. The fourth-order valence-electron chi connectivity index (χ4n) is 3.96. The summed E-state index contributed by atoms with van der Waals surface area (Å²) in [7, 11) is 0.0743. The van der Waals surface area contributed by atoms with Gasteiger partial charge in [0.1, 0.15) is 11.8 Å². The Bertz CT molecular complexity index is 1690. The summed E-state index contributed by atoms with van der Waals surface area (Å²) in [6.45, 7) is 0. The smallest absolute Gasteiger partial charge is 0.330 e. The summed E-state index contributed by atoms with van der Waals surface area (Å²) in [6.07, 6.45) is 0.0831. The second-order valence-electron chi connectivity index (χ2n) is 8.47. The van der Waals surface area contributed by atoms with E-state index in [1.54, 1.807) is 48.5 Å². The highest BCUT2D eigenvalue weighted by Gasteiger charge is 2.27. The number of hydrogen-bond acceptors (Lipinski definition) is 6. The van der Waals surface area contributed by atoms with Crippen LogP contribution in [0.1, 0.15) is 5.56 Å². The van der Waals surface area contributed by atoms with E-state index in [9.17, 15) is 22.8 Å². The topological polar surface area (TPSA) is 128 Å². The molecule has 0 aliphatic heterocycles. The zero-order chi connectivity index (χ0) is 26.7. The number of hydrogen-bond donors (Lipinski definition) is 2. The SMILES string of the molecule is COc1cccc(NC(=O)[C@H](Cc2ccccc2)NS(=O)(=O)c2ccc3c(c2)c(=O)n(C)c(=O)n3C)c1. The molecule has 4 aromatic rings. The fraction of sp³-hybridized carbons (Fsp3) is 0.192. The molecule has 1 atom stereocenters. The van der Waals surface area contributed by atoms with E-state index < -0.39 is 33.2 Å². The first-order valence-electron chi connectivity index (χ1n) is 11.3. The van der Waals surface area contributed by atoms with Crippen LogP contribution in [0.4, 0.5) is 5.69 Å². The minimum absolute atomic E-state index is 0.0629. The summed E-state index contributed by atoms with van der Waals surface area (Å²) < 4.78 is 36.6. The zero-order valence-corrected chi connectivity index (χ0v) is 21.3. The van der Waals surface area contributed by atoms with Crippen LogP contribution >= 0.6 is 0 Å². The predicted octanol–water partition coefficient (Wildman–Crippen LogP) is 1.77. The van der Waals surface area contributed by atoms with E-state index >= 15 is 0 Å². The molecule has 0 radical (unpaired) electrons. The average Bonchev–Trinajstić information content (AvgIpc) is 2.90. The van der Waals surface area contributed by atoms with Crippen molar-refractivity contribution in [1.29, 1.82) is 0 Å². The van der Waals surface area contributed by atoms with Crippen LogP contribution in [0.2, 0.25) is 0 Å². The van der Waals surface area contributed by atoms with Gasteiger partial charge >= 0.3 is 5.69 Å². The zero-order valence-electron chi connectivity index (χ0n) is 20.5. The molecule has 0 bridgehead atoms. The number of rotatable bonds is 8. The highest BCUT2D eigenvalue weighted by molar-refractivity contribution is 7.89. The van der Waals surface area contributed by atoms with E-state index in [-0.39, 0.29) is 16.7 Å². The summed E-state index contributed by atoms with van der Waals surface area (Å²) in [6, 6.07) is 18.4. The van der Waals surface area contributed by atoms with E-state index in [2.05, 4.69) is 10.0 Å². The maximum atomic E-state index is 13.4. The first kappa shape index (κ1) is 25.9. The number of carbonyl (C=O) groups excluding carboxylic acids is 1. The van der Waals surface area contributed by atoms with Gasteiger partial charge in [0.2, 0.25) is 15.9 Å². The van der Waals surface area contributed by atoms with E-state index in [1.165, 1.54) is 44.0 Å². The van der Waals surface area contributed by atoms with E-state index in [0.29, 0.717) is 17.0 Å². The van der Waals surface area contributed by atoms with Gasteiger partial charge in [-0.2, -0.15) is 4.72 Å². The van der Waals surface area contributed by atoms with Crippen LogP contribution in [0, 0.1) is 0 Å². The third-order valence-corrected chi connectivity index (χ3v) is 7.45. The standard InChI is InChI=1S/C26H26N4O6S/c1-29-23-13-12-20(16-21(23)25(32)30(2)26(29)33)37(34,35)28-22(14-17-8-5-4-6-9-17)24(31)27-18-10-7-11-19(15-18)36-3/h4-13,15-16,22,28H,14H2,1-3H3,(H,27,31)/t22-/m0/s1. The van der Waals surface area contributed by atoms with Crippen molar-refractivity contribution in [3.8, 4) is 5.75 Å². The number of anilines is 1. The van der Waals surface area contributed by atoms with Gasteiger partial charge in [0.25, 0.3) is 5.56 Å². The molecule has 0 aliphatic rings. The number of amides is 1. The Hall–Kier alpha value is -4.22. The van der Waals surface area contributed by atoms with Crippen molar-refractivity contribution >= 4 is 32.5 Å². The number of fused-ring (bicyclic) bond motifs is 1. The number of nitrogens with one attached hydrogen (secondary N) is 2. The lowest BCUT2D eigenvalue weighted by atomic mass is 10.1. The van der Waals surface area contributed by atoms with Crippen molar-refractivity contribution in [2.45, 2.75) is 17.4 Å². The van der Waals surface area contributed by atoms with Crippen LogP contribution in [0.3, 0.4) is 0 Å². The minimum Gasteiger partial charge on any atom is -0.497 e. The maximum absolute atomic E-state index is 13.4. The molecular formula is C26H26N4O6S. The van der Waals surface area contributed by atoms with Crippen molar-refractivity contribution in [3.05, 3.63) is 99.2 Å². The molecule has 0 fully saturated rings. The van der Waals surface area contributed by atoms with Gasteiger partial charge in [-0.15, -0.1) is 0 Å². The molecule has 4 rings (SSSR count). The maximum Gasteiger partial charge on any atom is 0.330 e. The summed E-state index contributed by atoms with van der Waals surface area (Å²) in [5.41, 5.74) is 0.342. The number of sulfonamides is 1. The van der Waals surface area contributed by atoms with E-state index in [1.807, 2.05) is 6.07 Å². The Morgan fingerprint density at radius 2 is 1.68 bits per heavy atom. The largest absolute Gasteiger partial charge is 0.497 e. The minimum atomic E-state index is -4.24. The van der Waals surface area contributed by atoms with Gasteiger partial charge in [-0.05, 0) is 42.3 Å². The lowest BCUT2D eigenvalue weighted by Gasteiger charge is -2.19. The van der Waals surface area contributed by atoms with Crippen LogP contribution in [0.25, 0.3) is 10.9 Å². The van der Waals surface area contributed by atoms with Gasteiger partial charge in [0.15, 0.2) is 0 Å². The summed E-state index contributed by atoms with van der Waals surface area (Å²) in [5, 5.41) is 2.80. The van der Waals surface area contributed by atoms with Crippen LogP contribution in [0.5, 0.6) is 5.75 Å². The van der Waals surface area contributed by atoms with Crippen molar-refractivity contribution < 1.29 is 17.9 Å². The number of benzene rings is 3. The Labute approximate surface area is 213 Å². The van der Waals surface area contributed by atoms with Crippen LogP contribution < -0.4 is 26.0 Å². The lowest BCUT2D eigenvalue weighted by Crippen LogP contribution is -2.45. The van der Waals surface area contributed by atoms with Crippen LogP contribution in [-0.2, 0) is 35.3 Å². The molecule has 1 amide bonds. The predicted molar refractivity (Wildman–Crippen MR) is 140 cm³/mol. The molecule has 0 spiro atoms. The monoisotopic (exact) mass is 522 g/mol. The number of methoxy groups -OCH3 is 1. The van der Waals surface area contributed by atoms with Crippen molar-refractivity contribution in [3.63, 3.8) is 0 Å². The Morgan fingerprint density at radius 3 is 2.38 bits per heavy atom. The summed E-state index contributed by atoms with van der Waals surface area (Å²) in [5.74, 6) is -0.0371. The number of aryl methyl sites for hydroxylation is 1. The van der Waals surface area contributed by atoms with Crippen molar-refractivity contribution in [1.82, 2.24) is 13.9 Å². The van der Waals surface area contributed by atoms with E-state index in [0.717, 1.165) is 10.1 Å². The molecule has 1 aromatic heterocycles. The van der Waals surface area contributed by atoms with Gasteiger partial charge in [0, 0.05) is 25.8 Å². The van der Waals surface area contributed by atoms with Gasteiger partial charge < -0.3 is 10.1 Å². The molecule has 0 saturated carbocycles. The first-order chi connectivity index (χ1) is 17.6. The second-order valence-corrected chi connectivity index (χ2v) is 10.2. The highest BCUT2D eigenvalue weighted by Crippen LogP contribution is 2.19. The lowest BCUT2D eigenvalue weighted by molar-refractivity contribution is -0.117. The van der Waals surface area contributed by atoms with Crippen LogP contribution in [0.15, 0.2) is 87.3 Å². The fourth-order valence-corrected chi connectivity index (χ4v) is 5.19.